The number of benzene rings is 2. The normalized spacial score (nSPS) is 19.0. The van der Waals surface area contributed by atoms with Crippen LogP contribution in [0.1, 0.15) is 36.8 Å². The van der Waals surface area contributed by atoms with Gasteiger partial charge in [-0.05, 0) is 30.4 Å². The van der Waals surface area contributed by atoms with Crippen LogP contribution in [0.5, 0.6) is 0 Å². The van der Waals surface area contributed by atoms with Gasteiger partial charge in [-0.3, -0.25) is 14.4 Å². The van der Waals surface area contributed by atoms with Gasteiger partial charge in [0, 0.05) is 38.9 Å². The predicted molar refractivity (Wildman–Crippen MR) is 153 cm³/mol. The predicted octanol–water partition coefficient (Wildman–Crippen LogP) is 1.22. The second-order valence-electron chi connectivity index (χ2n) is 10.7. The van der Waals surface area contributed by atoms with Crippen molar-refractivity contribution in [3.8, 4) is 0 Å². The van der Waals surface area contributed by atoms with Gasteiger partial charge in [0.05, 0.1) is 13.2 Å². The van der Waals surface area contributed by atoms with Crippen molar-refractivity contribution in [3.05, 3.63) is 71.8 Å². The molecule has 0 radical (unpaired) electrons. The zero-order valence-corrected chi connectivity index (χ0v) is 23.7. The molecule has 2 heterocycles. The van der Waals surface area contributed by atoms with Crippen LogP contribution >= 0.6 is 0 Å². The molecule has 4 atom stereocenters. The van der Waals surface area contributed by atoms with Gasteiger partial charge in [0.15, 0.2) is 6.10 Å². The number of carbonyl (C=O) groups is 5. The zero-order chi connectivity index (χ0) is 30.1. The molecule has 0 aliphatic carbocycles. The third kappa shape index (κ3) is 7.94. The molecule has 4 amide bonds. The smallest absolute Gasteiger partial charge is 0.336 e. The molecule has 0 bridgehead atoms. The Morgan fingerprint density at radius 1 is 0.905 bits per heavy atom. The van der Waals surface area contributed by atoms with Crippen LogP contribution in [0.15, 0.2) is 60.7 Å². The van der Waals surface area contributed by atoms with Crippen molar-refractivity contribution in [1.29, 1.82) is 0 Å². The lowest BCUT2D eigenvalue weighted by Crippen LogP contribution is -2.58. The number of amides is 4. The molecular weight excluding hydrogens is 540 g/mol. The summed E-state index contributed by atoms with van der Waals surface area (Å²) in [6.07, 6.45) is 0.319. The summed E-state index contributed by atoms with van der Waals surface area (Å²) in [5.41, 5.74) is 1.64. The number of esters is 1. The van der Waals surface area contributed by atoms with Crippen molar-refractivity contribution >= 4 is 29.6 Å². The number of hydrogen-bond acceptors (Lipinski definition) is 7. The Hall–Kier alpha value is -4.25. The third-order valence-electron chi connectivity index (χ3n) is 7.78. The number of aliphatic hydroxyl groups is 1. The molecule has 0 aromatic heterocycles. The number of urea groups is 1. The lowest BCUT2D eigenvalue weighted by molar-refractivity contribution is -0.152. The Bertz CT molecular complexity index is 1250. The summed E-state index contributed by atoms with van der Waals surface area (Å²) in [5, 5.41) is 16.3. The van der Waals surface area contributed by atoms with Gasteiger partial charge >= 0.3 is 12.0 Å². The summed E-state index contributed by atoms with van der Waals surface area (Å²) in [6.45, 7) is 0.896. The summed E-state index contributed by atoms with van der Waals surface area (Å²) in [4.78, 5) is 67.4. The van der Waals surface area contributed by atoms with Gasteiger partial charge in [-0.1, -0.05) is 60.7 Å². The standard InChI is InChI=1S/C31H38N4O7/c1-42-30(40)27(37)24(19-21-9-4-2-5-10-21)32-28(38)26-13-8-16-35(26)29(39)25(20-22-11-6-3-7-12-22)33-31(41)34-17-14-23(36)15-18-34/h2-7,9-12,24-27,37H,8,13-20H2,1H3,(H,32,38)(H,33,41)/t24?,25-,26-,27+/m0/s1. The van der Waals surface area contributed by atoms with Gasteiger partial charge in [-0.15, -0.1) is 0 Å². The number of nitrogens with zero attached hydrogens (tertiary/aromatic N) is 2. The molecule has 0 saturated carbocycles. The molecule has 2 fully saturated rings. The topological polar surface area (TPSA) is 145 Å². The molecule has 2 aliphatic heterocycles. The average Bonchev–Trinajstić information content (AvgIpc) is 3.51. The number of nitrogens with one attached hydrogen (secondary N) is 2. The van der Waals surface area contributed by atoms with E-state index in [1.165, 1.54) is 9.80 Å². The minimum Gasteiger partial charge on any atom is -0.467 e. The molecule has 11 heteroatoms. The summed E-state index contributed by atoms with van der Waals surface area (Å²) in [5.74, 6) is -1.67. The van der Waals surface area contributed by atoms with Crippen molar-refractivity contribution in [2.24, 2.45) is 0 Å². The second-order valence-corrected chi connectivity index (χ2v) is 10.7. The highest BCUT2D eigenvalue weighted by Gasteiger charge is 2.40. The molecular formula is C31H38N4O7. The van der Waals surface area contributed by atoms with Gasteiger partial charge in [-0.2, -0.15) is 0 Å². The Morgan fingerprint density at radius 2 is 1.50 bits per heavy atom. The number of piperidine rings is 1. The molecule has 42 heavy (non-hydrogen) atoms. The average molecular weight is 579 g/mol. The first kappa shape index (κ1) is 30.7. The van der Waals surface area contributed by atoms with E-state index in [4.69, 9.17) is 4.74 Å². The number of carbonyl (C=O) groups excluding carboxylic acids is 5. The highest BCUT2D eigenvalue weighted by molar-refractivity contribution is 5.93. The van der Waals surface area contributed by atoms with Crippen LogP contribution in [-0.2, 0) is 36.8 Å². The fourth-order valence-corrected chi connectivity index (χ4v) is 5.43. The summed E-state index contributed by atoms with van der Waals surface area (Å²) >= 11 is 0. The van der Waals surface area contributed by atoms with Crippen LogP contribution in [0.25, 0.3) is 0 Å². The number of Topliss-reactive ketones (excluding diaryl/α,β-unsaturated/α-hetero) is 1. The van der Waals surface area contributed by atoms with Gasteiger partial charge < -0.3 is 30.3 Å². The quantitative estimate of drug-likeness (QED) is 0.360. The molecule has 1 unspecified atom stereocenters. The Balaban J connectivity index is 1.50. The monoisotopic (exact) mass is 578 g/mol. The first-order valence-corrected chi connectivity index (χ1v) is 14.3. The molecule has 2 aliphatic rings. The van der Waals surface area contributed by atoms with Crippen molar-refractivity contribution in [3.63, 3.8) is 0 Å². The highest BCUT2D eigenvalue weighted by atomic mass is 16.5. The summed E-state index contributed by atoms with van der Waals surface area (Å²) in [6, 6.07) is 15.2. The SMILES string of the molecule is COC(=O)[C@H](O)C(Cc1ccccc1)NC(=O)[C@@H]1CCCN1C(=O)[C@H](Cc1ccccc1)NC(=O)N1CCC(=O)CC1. The number of aliphatic hydroxyl groups excluding tert-OH is 1. The van der Waals surface area contributed by atoms with E-state index in [1.807, 2.05) is 60.7 Å². The van der Waals surface area contributed by atoms with Crippen LogP contribution in [-0.4, -0.2) is 95.5 Å². The second kappa shape index (κ2) is 14.6. The van der Waals surface area contributed by atoms with Gasteiger partial charge in [0.1, 0.15) is 17.9 Å². The summed E-state index contributed by atoms with van der Waals surface area (Å²) in [7, 11) is 1.16. The summed E-state index contributed by atoms with van der Waals surface area (Å²) < 4.78 is 4.71. The fraction of sp³-hybridized carbons (Fsp3) is 0.452. The van der Waals surface area contributed by atoms with E-state index in [2.05, 4.69) is 10.6 Å². The molecule has 11 nitrogen and oxygen atoms in total. The van der Waals surface area contributed by atoms with Gasteiger partial charge in [0.2, 0.25) is 11.8 Å². The van der Waals surface area contributed by atoms with E-state index < -0.39 is 48.0 Å². The largest absolute Gasteiger partial charge is 0.467 e. The maximum Gasteiger partial charge on any atom is 0.336 e. The first-order valence-electron chi connectivity index (χ1n) is 14.3. The van der Waals surface area contributed by atoms with E-state index in [9.17, 15) is 29.1 Å². The van der Waals surface area contributed by atoms with E-state index >= 15 is 0 Å². The maximum absolute atomic E-state index is 13.9. The molecule has 0 spiro atoms. The van der Waals surface area contributed by atoms with E-state index in [-0.39, 0.29) is 44.6 Å². The van der Waals surface area contributed by atoms with E-state index in [0.29, 0.717) is 19.4 Å². The van der Waals surface area contributed by atoms with Crippen LogP contribution < -0.4 is 10.6 Å². The van der Waals surface area contributed by atoms with Gasteiger partial charge in [-0.25, -0.2) is 9.59 Å². The number of hydrogen-bond donors (Lipinski definition) is 3. The number of methoxy groups -OCH3 is 1. The highest BCUT2D eigenvalue weighted by Crippen LogP contribution is 2.21. The Labute approximate surface area is 245 Å². The Morgan fingerprint density at radius 3 is 2.10 bits per heavy atom. The number of ether oxygens (including phenoxy) is 1. The zero-order valence-electron chi connectivity index (χ0n) is 23.7. The molecule has 2 aromatic carbocycles. The minimum absolute atomic E-state index is 0.102. The molecule has 2 aromatic rings. The van der Waals surface area contributed by atoms with Gasteiger partial charge in [0.25, 0.3) is 0 Å². The van der Waals surface area contributed by atoms with Crippen LogP contribution in [0, 0.1) is 0 Å². The maximum atomic E-state index is 13.9. The van der Waals surface area contributed by atoms with Crippen molar-refractivity contribution in [1.82, 2.24) is 20.4 Å². The van der Waals surface area contributed by atoms with Crippen LogP contribution in [0.3, 0.4) is 0 Å². The van der Waals surface area contributed by atoms with Crippen molar-refractivity contribution in [2.45, 2.75) is 62.8 Å². The molecule has 224 valence electrons. The number of rotatable bonds is 10. The van der Waals surface area contributed by atoms with E-state index in [0.717, 1.165) is 18.2 Å². The van der Waals surface area contributed by atoms with Crippen LogP contribution in [0.4, 0.5) is 4.79 Å². The number of likely N-dealkylation sites (tertiary alicyclic amines) is 2. The fourth-order valence-electron chi connectivity index (χ4n) is 5.43. The third-order valence-corrected chi connectivity index (χ3v) is 7.78. The van der Waals surface area contributed by atoms with Crippen molar-refractivity contribution in [2.75, 3.05) is 26.7 Å². The lowest BCUT2D eigenvalue weighted by atomic mass is 10.00. The Kier molecular flexibility index (Phi) is 10.7. The van der Waals surface area contributed by atoms with Crippen molar-refractivity contribution < 1.29 is 33.8 Å². The van der Waals surface area contributed by atoms with E-state index in [1.54, 1.807) is 0 Å². The minimum atomic E-state index is -1.61. The lowest BCUT2D eigenvalue weighted by Gasteiger charge is -2.32. The number of ketones is 1. The molecule has 2 saturated heterocycles. The molecule has 3 N–H and O–H groups in total. The molecule has 4 rings (SSSR count). The van der Waals surface area contributed by atoms with Crippen LogP contribution in [0.2, 0.25) is 0 Å². The first-order chi connectivity index (χ1) is 20.3.